The minimum absolute atomic E-state index is 0.0498. The first-order valence-electron chi connectivity index (χ1n) is 2.87. The van der Waals surface area contributed by atoms with Crippen molar-refractivity contribution in [3.05, 3.63) is 0 Å². The highest BCUT2D eigenvalue weighted by Crippen LogP contribution is 2.02. The van der Waals surface area contributed by atoms with E-state index >= 15 is 0 Å². The molecule has 46 valence electrons. The summed E-state index contributed by atoms with van der Waals surface area (Å²) in [6.45, 7) is 1.72. The van der Waals surface area contributed by atoms with Gasteiger partial charge in [0, 0.05) is 13.2 Å². The van der Waals surface area contributed by atoms with E-state index in [-0.39, 0.29) is 7.12 Å². The predicted octanol–water partition coefficient (Wildman–Crippen LogP) is 0.326. The zero-order chi connectivity index (χ0) is 5.82. The van der Waals surface area contributed by atoms with Crippen LogP contribution in [0.2, 0.25) is 0 Å². The molecule has 1 heterocycles. The van der Waals surface area contributed by atoms with E-state index in [9.17, 15) is 0 Å². The minimum atomic E-state index is 0.0498. The molecule has 8 heavy (non-hydrogen) atoms. The van der Waals surface area contributed by atoms with Crippen molar-refractivity contribution < 1.29 is 9.31 Å². The van der Waals surface area contributed by atoms with Crippen LogP contribution in [0.4, 0.5) is 0 Å². The summed E-state index contributed by atoms with van der Waals surface area (Å²) < 4.78 is 10.4. The van der Waals surface area contributed by atoms with E-state index in [1.165, 1.54) is 0 Å². The summed E-state index contributed by atoms with van der Waals surface area (Å²) in [4.78, 5) is 0. The minimum Gasteiger partial charge on any atom is -0.411 e. The van der Waals surface area contributed by atoms with Crippen molar-refractivity contribution in [2.45, 2.75) is 6.42 Å². The van der Waals surface area contributed by atoms with Crippen LogP contribution >= 0.6 is 9.24 Å². The fourth-order valence-electron chi connectivity index (χ4n) is 0.673. The molecule has 1 rings (SSSR count). The highest BCUT2D eigenvalue weighted by atomic mass is 31.0. The molecule has 0 aliphatic carbocycles. The van der Waals surface area contributed by atoms with Gasteiger partial charge in [0.05, 0.1) is 0 Å². The molecule has 1 saturated heterocycles. The van der Waals surface area contributed by atoms with Crippen LogP contribution in [0.25, 0.3) is 0 Å². The van der Waals surface area contributed by atoms with Gasteiger partial charge in [-0.05, 0) is 12.5 Å². The summed E-state index contributed by atoms with van der Waals surface area (Å²) in [5.74, 6) is 0. The first kappa shape index (κ1) is 6.53. The maximum absolute atomic E-state index is 5.18. The lowest BCUT2D eigenvalue weighted by molar-refractivity contribution is 0.138. The largest absolute Gasteiger partial charge is 0.460 e. The Bertz CT molecular complexity index is 65.1. The van der Waals surface area contributed by atoms with Gasteiger partial charge in [0.1, 0.15) is 0 Å². The van der Waals surface area contributed by atoms with E-state index < -0.39 is 0 Å². The Balaban J connectivity index is 2.13. The van der Waals surface area contributed by atoms with Gasteiger partial charge in [-0.25, -0.2) is 0 Å². The standard InChI is InChI=1S/C4H10BO2P/c8-4-5-6-2-1-3-7-5/h1-4,8H2. The molecule has 0 aromatic heterocycles. The Kier molecular flexibility index (Phi) is 2.81. The Morgan fingerprint density at radius 2 is 2.00 bits per heavy atom. The highest BCUT2D eigenvalue weighted by Gasteiger charge is 2.17. The molecule has 0 amide bonds. The van der Waals surface area contributed by atoms with Crippen LogP contribution in [0.3, 0.4) is 0 Å². The molecule has 0 aromatic rings. The zero-order valence-electron chi connectivity index (χ0n) is 4.80. The van der Waals surface area contributed by atoms with Crippen LogP contribution in [-0.2, 0) is 9.31 Å². The van der Waals surface area contributed by atoms with Crippen molar-refractivity contribution >= 4 is 16.4 Å². The Labute approximate surface area is 52.3 Å². The van der Waals surface area contributed by atoms with Gasteiger partial charge in [0.25, 0.3) is 0 Å². The fraction of sp³-hybridized carbons (Fsp3) is 1.00. The van der Waals surface area contributed by atoms with Crippen molar-refractivity contribution in [3.63, 3.8) is 0 Å². The second-order valence-corrected chi connectivity index (χ2v) is 2.23. The summed E-state index contributed by atoms with van der Waals surface area (Å²) in [7, 11) is 2.65. The normalized spacial score (nSPS) is 21.4. The monoisotopic (exact) mass is 132 g/mol. The van der Waals surface area contributed by atoms with Gasteiger partial charge in [0.2, 0.25) is 0 Å². The van der Waals surface area contributed by atoms with Crippen LogP contribution in [0.5, 0.6) is 0 Å². The van der Waals surface area contributed by atoms with E-state index in [2.05, 4.69) is 9.24 Å². The van der Waals surface area contributed by atoms with Crippen LogP contribution in [0, 0.1) is 0 Å². The van der Waals surface area contributed by atoms with Gasteiger partial charge in [-0.1, -0.05) is 0 Å². The second-order valence-electron chi connectivity index (χ2n) is 1.76. The molecular formula is C4H10BO2P. The third-order valence-electron chi connectivity index (χ3n) is 1.09. The van der Waals surface area contributed by atoms with E-state index in [1.54, 1.807) is 0 Å². The molecule has 4 heteroatoms. The first-order valence-corrected chi connectivity index (χ1v) is 3.68. The number of hydrogen-bond donors (Lipinski definition) is 0. The van der Waals surface area contributed by atoms with Crippen LogP contribution in [-0.4, -0.2) is 26.4 Å². The maximum atomic E-state index is 5.18. The van der Waals surface area contributed by atoms with Crippen molar-refractivity contribution in [1.82, 2.24) is 0 Å². The summed E-state index contributed by atoms with van der Waals surface area (Å²) in [5, 5.41) is 0. The average molecular weight is 132 g/mol. The topological polar surface area (TPSA) is 18.5 Å². The van der Waals surface area contributed by atoms with Gasteiger partial charge in [-0.3, -0.25) is 0 Å². The molecule has 1 atom stereocenters. The highest BCUT2D eigenvalue weighted by molar-refractivity contribution is 7.20. The summed E-state index contributed by atoms with van der Waals surface area (Å²) in [6.07, 6.45) is 1.04. The summed E-state index contributed by atoms with van der Waals surface area (Å²) in [6, 6.07) is 0.889. The van der Waals surface area contributed by atoms with Crippen molar-refractivity contribution in [2.24, 2.45) is 0 Å². The first-order chi connectivity index (χ1) is 3.93. The van der Waals surface area contributed by atoms with Gasteiger partial charge in [0.15, 0.2) is 0 Å². The lowest BCUT2D eigenvalue weighted by Crippen LogP contribution is -2.31. The molecule has 1 unspecified atom stereocenters. The van der Waals surface area contributed by atoms with Gasteiger partial charge >= 0.3 is 7.12 Å². The molecule has 2 nitrogen and oxygen atoms in total. The Morgan fingerprint density at radius 1 is 1.38 bits per heavy atom. The number of hydrogen-bond acceptors (Lipinski definition) is 2. The fourth-order valence-corrected chi connectivity index (χ4v) is 0.945. The van der Waals surface area contributed by atoms with Crippen LogP contribution in [0.15, 0.2) is 0 Å². The third kappa shape index (κ3) is 1.73. The Hall–Kier alpha value is 0.415. The van der Waals surface area contributed by atoms with Crippen LogP contribution < -0.4 is 0 Å². The molecule has 1 aliphatic rings. The molecule has 0 radical (unpaired) electrons. The summed E-state index contributed by atoms with van der Waals surface area (Å²) in [5.41, 5.74) is 0. The second kappa shape index (κ2) is 3.44. The van der Waals surface area contributed by atoms with Crippen LogP contribution in [0.1, 0.15) is 6.42 Å². The summed E-state index contributed by atoms with van der Waals surface area (Å²) >= 11 is 0. The lowest BCUT2D eigenvalue weighted by atomic mass is 9.93. The smallest absolute Gasteiger partial charge is 0.411 e. The molecule has 1 aliphatic heterocycles. The Morgan fingerprint density at radius 3 is 2.38 bits per heavy atom. The van der Waals surface area contributed by atoms with Gasteiger partial charge < -0.3 is 9.31 Å². The van der Waals surface area contributed by atoms with Crippen molar-refractivity contribution in [2.75, 3.05) is 19.3 Å². The zero-order valence-corrected chi connectivity index (χ0v) is 5.95. The number of rotatable bonds is 1. The lowest BCUT2D eigenvalue weighted by Gasteiger charge is -2.17. The molecule has 0 N–H and O–H groups in total. The van der Waals surface area contributed by atoms with E-state index in [0.29, 0.717) is 0 Å². The van der Waals surface area contributed by atoms with Crippen molar-refractivity contribution in [1.29, 1.82) is 0 Å². The quantitative estimate of drug-likeness (QED) is 0.378. The van der Waals surface area contributed by atoms with Gasteiger partial charge in [-0.2, -0.15) is 0 Å². The van der Waals surface area contributed by atoms with Crippen molar-refractivity contribution in [3.8, 4) is 0 Å². The molecule has 1 fully saturated rings. The SMILES string of the molecule is PCB1OCCCO1. The van der Waals surface area contributed by atoms with E-state index in [0.717, 1.165) is 25.7 Å². The van der Waals surface area contributed by atoms with E-state index in [4.69, 9.17) is 9.31 Å². The molecule has 0 aromatic carbocycles. The maximum Gasteiger partial charge on any atom is 0.460 e. The average Bonchev–Trinajstić information content (AvgIpc) is 1.90. The molecular weight excluding hydrogens is 122 g/mol. The van der Waals surface area contributed by atoms with Gasteiger partial charge in [-0.15, -0.1) is 9.24 Å². The predicted molar refractivity (Wildman–Crippen MR) is 36.9 cm³/mol. The molecule has 0 bridgehead atoms. The third-order valence-corrected chi connectivity index (χ3v) is 1.47. The molecule has 0 saturated carbocycles. The molecule has 0 spiro atoms. The van der Waals surface area contributed by atoms with E-state index in [1.807, 2.05) is 0 Å².